The van der Waals surface area contributed by atoms with E-state index in [0.29, 0.717) is 0 Å². The Balaban J connectivity index is 3.52. The molecule has 0 aliphatic carbocycles. The first-order valence-electron chi connectivity index (χ1n) is 5.26. The molecule has 7 heteroatoms. The van der Waals surface area contributed by atoms with Gasteiger partial charge in [0.1, 0.15) is 6.61 Å². The second kappa shape index (κ2) is 8.51. The van der Waals surface area contributed by atoms with Gasteiger partial charge in [-0.25, -0.2) is 0 Å². The lowest BCUT2D eigenvalue weighted by Crippen LogP contribution is -2.30. The molecule has 7 nitrogen and oxygen atoms in total. The lowest BCUT2D eigenvalue weighted by Gasteiger charge is -2.09. The summed E-state index contributed by atoms with van der Waals surface area (Å²) in [7, 11) is 0. The van der Waals surface area contributed by atoms with Crippen LogP contribution in [0, 0.1) is 5.92 Å². The number of aliphatic carboxylic acids is 1. The first-order valence-corrected chi connectivity index (χ1v) is 5.26. The number of primary amides is 1. The average molecular weight is 246 g/mol. The zero-order chi connectivity index (χ0) is 13.3. The molecule has 17 heavy (non-hydrogen) atoms. The van der Waals surface area contributed by atoms with Crippen molar-refractivity contribution in [3.05, 3.63) is 0 Å². The SMILES string of the molecule is CC(CC(=O)O)CC(=O)NCCOCC(N)=O. The molecule has 0 spiro atoms. The number of hydrogen-bond acceptors (Lipinski definition) is 4. The third-order valence-corrected chi connectivity index (χ3v) is 1.87. The molecule has 0 bridgehead atoms. The fraction of sp³-hybridized carbons (Fsp3) is 0.700. The third kappa shape index (κ3) is 10.6. The number of hydrogen-bond donors (Lipinski definition) is 3. The van der Waals surface area contributed by atoms with Crippen LogP contribution < -0.4 is 11.1 Å². The average Bonchev–Trinajstić information content (AvgIpc) is 2.14. The molecular formula is C10H18N2O5. The van der Waals surface area contributed by atoms with Crippen molar-refractivity contribution in [1.29, 1.82) is 0 Å². The highest BCUT2D eigenvalue weighted by Crippen LogP contribution is 2.06. The Hall–Kier alpha value is -1.63. The molecule has 4 N–H and O–H groups in total. The maximum Gasteiger partial charge on any atom is 0.303 e. The molecule has 1 unspecified atom stereocenters. The summed E-state index contributed by atoms with van der Waals surface area (Å²) in [4.78, 5) is 31.9. The Labute approximate surface area is 99.3 Å². The van der Waals surface area contributed by atoms with Gasteiger partial charge in [-0.3, -0.25) is 14.4 Å². The van der Waals surface area contributed by atoms with Crippen molar-refractivity contribution >= 4 is 17.8 Å². The van der Waals surface area contributed by atoms with E-state index in [-0.39, 0.29) is 44.4 Å². The molecule has 0 saturated heterocycles. The van der Waals surface area contributed by atoms with Crippen LogP contribution in [0.3, 0.4) is 0 Å². The van der Waals surface area contributed by atoms with E-state index in [9.17, 15) is 14.4 Å². The first kappa shape index (κ1) is 15.4. The quantitative estimate of drug-likeness (QED) is 0.456. The van der Waals surface area contributed by atoms with Crippen LogP contribution >= 0.6 is 0 Å². The second-order valence-electron chi connectivity index (χ2n) is 3.78. The van der Waals surface area contributed by atoms with Crippen molar-refractivity contribution in [3.8, 4) is 0 Å². The van der Waals surface area contributed by atoms with Gasteiger partial charge in [-0.1, -0.05) is 6.92 Å². The van der Waals surface area contributed by atoms with Crippen molar-refractivity contribution in [1.82, 2.24) is 5.32 Å². The minimum absolute atomic E-state index is 0.0361. The number of nitrogens with two attached hydrogens (primary N) is 1. The van der Waals surface area contributed by atoms with Gasteiger partial charge < -0.3 is 20.9 Å². The first-order chi connectivity index (χ1) is 7.91. The highest BCUT2D eigenvalue weighted by molar-refractivity contribution is 5.77. The molecule has 0 aromatic carbocycles. The predicted molar refractivity (Wildman–Crippen MR) is 59.1 cm³/mol. The van der Waals surface area contributed by atoms with Crippen molar-refractivity contribution in [2.24, 2.45) is 11.7 Å². The molecule has 0 fully saturated rings. The van der Waals surface area contributed by atoms with E-state index in [0.717, 1.165) is 0 Å². The standard InChI is InChI=1S/C10H18N2O5/c1-7(5-10(15)16)4-9(14)12-2-3-17-6-8(11)13/h7H,2-6H2,1H3,(H2,11,13)(H,12,14)(H,15,16). The minimum Gasteiger partial charge on any atom is -0.481 e. The topological polar surface area (TPSA) is 119 Å². The van der Waals surface area contributed by atoms with E-state index in [1.54, 1.807) is 6.92 Å². The van der Waals surface area contributed by atoms with E-state index in [4.69, 9.17) is 15.6 Å². The van der Waals surface area contributed by atoms with Gasteiger partial charge in [-0.2, -0.15) is 0 Å². The summed E-state index contributed by atoms with van der Waals surface area (Å²) in [6, 6.07) is 0. The Bertz CT molecular complexity index is 280. The summed E-state index contributed by atoms with van der Waals surface area (Å²) in [5.41, 5.74) is 4.84. The summed E-state index contributed by atoms with van der Waals surface area (Å²) in [6.45, 7) is 1.98. The Morgan fingerprint density at radius 2 is 2.00 bits per heavy atom. The molecule has 0 aromatic heterocycles. The van der Waals surface area contributed by atoms with Crippen LogP contribution in [0.4, 0.5) is 0 Å². The van der Waals surface area contributed by atoms with Crippen LogP contribution in [0.5, 0.6) is 0 Å². The van der Waals surface area contributed by atoms with E-state index >= 15 is 0 Å². The summed E-state index contributed by atoms with van der Waals surface area (Å²) in [6.07, 6.45) is 0.119. The smallest absolute Gasteiger partial charge is 0.303 e. The molecule has 98 valence electrons. The van der Waals surface area contributed by atoms with Crippen molar-refractivity contribution in [3.63, 3.8) is 0 Å². The normalized spacial score (nSPS) is 11.8. The van der Waals surface area contributed by atoms with Crippen LogP contribution in [-0.2, 0) is 19.1 Å². The molecule has 0 radical (unpaired) electrons. The van der Waals surface area contributed by atoms with Gasteiger partial charge in [0.15, 0.2) is 0 Å². The summed E-state index contributed by atoms with van der Waals surface area (Å²) in [5.74, 6) is -1.93. The zero-order valence-corrected chi connectivity index (χ0v) is 9.77. The van der Waals surface area contributed by atoms with Gasteiger partial charge in [-0.05, 0) is 5.92 Å². The Morgan fingerprint density at radius 3 is 2.53 bits per heavy atom. The molecule has 0 aliphatic heterocycles. The van der Waals surface area contributed by atoms with E-state index < -0.39 is 11.9 Å². The highest BCUT2D eigenvalue weighted by atomic mass is 16.5. The van der Waals surface area contributed by atoms with Crippen molar-refractivity contribution in [2.75, 3.05) is 19.8 Å². The maximum atomic E-state index is 11.3. The molecular weight excluding hydrogens is 228 g/mol. The largest absolute Gasteiger partial charge is 0.481 e. The van der Waals surface area contributed by atoms with Gasteiger partial charge in [0.05, 0.1) is 6.61 Å². The summed E-state index contributed by atoms with van der Waals surface area (Å²) in [5, 5.41) is 11.1. The molecule has 0 aliphatic rings. The maximum absolute atomic E-state index is 11.3. The molecule has 1 atom stereocenters. The van der Waals surface area contributed by atoms with Crippen LogP contribution in [0.25, 0.3) is 0 Å². The van der Waals surface area contributed by atoms with Crippen molar-refractivity contribution < 1.29 is 24.2 Å². The van der Waals surface area contributed by atoms with Crippen LogP contribution in [-0.4, -0.2) is 42.6 Å². The number of nitrogens with one attached hydrogen (secondary N) is 1. The number of carboxylic acid groups (broad SMARTS) is 1. The number of ether oxygens (including phenoxy) is 1. The molecule has 2 amide bonds. The van der Waals surface area contributed by atoms with Crippen molar-refractivity contribution in [2.45, 2.75) is 19.8 Å². The highest BCUT2D eigenvalue weighted by Gasteiger charge is 2.11. The van der Waals surface area contributed by atoms with E-state index in [1.165, 1.54) is 0 Å². The lowest BCUT2D eigenvalue weighted by molar-refractivity contribution is -0.138. The fourth-order valence-electron chi connectivity index (χ4n) is 1.19. The van der Waals surface area contributed by atoms with Gasteiger partial charge in [-0.15, -0.1) is 0 Å². The zero-order valence-electron chi connectivity index (χ0n) is 9.77. The molecule has 0 rings (SSSR count). The summed E-state index contributed by atoms with van der Waals surface area (Å²) >= 11 is 0. The van der Waals surface area contributed by atoms with Gasteiger partial charge >= 0.3 is 5.97 Å². The van der Waals surface area contributed by atoms with Crippen LogP contribution in [0.2, 0.25) is 0 Å². The molecule has 0 heterocycles. The van der Waals surface area contributed by atoms with Gasteiger partial charge in [0.2, 0.25) is 11.8 Å². The van der Waals surface area contributed by atoms with Gasteiger partial charge in [0, 0.05) is 19.4 Å². The summed E-state index contributed by atoms with van der Waals surface area (Å²) < 4.78 is 4.83. The van der Waals surface area contributed by atoms with E-state index in [2.05, 4.69) is 5.32 Å². The monoisotopic (exact) mass is 246 g/mol. The number of carboxylic acids is 1. The number of carbonyl (C=O) groups is 3. The lowest BCUT2D eigenvalue weighted by atomic mass is 10.0. The second-order valence-corrected chi connectivity index (χ2v) is 3.78. The minimum atomic E-state index is -0.921. The number of amides is 2. The Kier molecular flexibility index (Phi) is 7.70. The molecule has 0 aromatic rings. The van der Waals surface area contributed by atoms with Crippen LogP contribution in [0.1, 0.15) is 19.8 Å². The predicted octanol–water partition coefficient (Wildman–Crippen LogP) is -0.895. The molecule has 0 saturated carbocycles. The number of rotatable bonds is 9. The van der Waals surface area contributed by atoms with Crippen LogP contribution in [0.15, 0.2) is 0 Å². The Morgan fingerprint density at radius 1 is 1.35 bits per heavy atom. The third-order valence-electron chi connectivity index (χ3n) is 1.87. The number of carbonyl (C=O) groups excluding carboxylic acids is 2. The fourth-order valence-corrected chi connectivity index (χ4v) is 1.19. The van der Waals surface area contributed by atoms with E-state index in [1.807, 2.05) is 0 Å². The van der Waals surface area contributed by atoms with Gasteiger partial charge in [0.25, 0.3) is 0 Å².